The smallest absolute Gasteiger partial charge is 0.269 e. The highest BCUT2D eigenvalue weighted by Crippen LogP contribution is 2.33. The lowest BCUT2D eigenvalue weighted by molar-refractivity contribution is -0.384. The van der Waals surface area contributed by atoms with Crippen molar-refractivity contribution in [3.8, 4) is 0 Å². The summed E-state index contributed by atoms with van der Waals surface area (Å²) in [5.41, 5.74) is 2.83. The SMILES string of the molecule is O=[N+]([O-])c1ccc(C2CCC(NCCCc3ccccc3)CC2)cc1. The standard InChI is InChI=1S/C21H26N2O2/c24-23(25)21-14-10-19(11-15-21)18-8-12-20(13-9-18)22-16-4-7-17-5-2-1-3-6-17/h1-3,5-6,10-11,14-15,18,20,22H,4,7-9,12-13,16H2. The van der Waals surface area contributed by atoms with Crippen molar-refractivity contribution in [3.05, 3.63) is 75.8 Å². The zero-order valence-electron chi connectivity index (χ0n) is 14.6. The molecule has 1 fully saturated rings. The quantitative estimate of drug-likeness (QED) is 0.446. The highest BCUT2D eigenvalue weighted by molar-refractivity contribution is 5.34. The molecule has 1 N–H and O–H groups in total. The van der Waals surface area contributed by atoms with Gasteiger partial charge in [0.2, 0.25) is 0 Å². The number of nitro groups is 1. The largest absolute Gasteiger partial charge is 0.314 e. The number of hydrogen-bond acceptors (Lipinski definition) is 3. The normalized spacial score (nSPS) is 20.3. The molecule has 2 aromatic carbocycles. The van der Waals surface area contributed by atoms with Crippen LogP contribution in [-0.2, 0) is 6.42 Å². The average Bonchev–Trinajstić information content (AvgIpc) is 2.67. The first kappa shape index (κ1) is 17.6. The van der Waals surface area contributed by atoms with E-state index >= 15 is 0 Å². The Bertz CT molecular complexity index is 662. The highest BCUT2D eigenvalue weighted by Gasteiger charge is 2.22. The van der Waals surface area contributed by atoms with Crippen LogP contribution in [0.2, 0.25) is 0 Å². The van der Waals surface area contributed by atoms with Gasteiger partial charge in [-0.3, -0.25) is 10.1 Å². The number of rotatable bonds is 7. The maximum Gasteiger partial charge on any atom is 0.269 e. The lowest BCUT2D eigenvalue weighted by Gasteiger charge is -2.29. The first-order chi connectivity index (χ1) is 12.2. The van der Waals surface area contributed by atoms with Crippen LogP contribution in [0.5, 0.6) is 0 Å². The molecule has 0 heterocycles. The zero-order valence-corrected chi connectivity index (χ0v) is 14.6. The summed E-state index contributed by atoms with van der Waals surface area (Å²) in [6.07, 6.45) is 7.00. The van der Waals surface area contributed by atoms with Crippen LogP contribution in [0, 0.1) is 10.1 Å². The maximum atomic E-state index is 10.7. The highest BCUT2D eigenvalue weighted by atomic mass is 16.6. The summed E-state index contributed by atoms with van der Waals surface area (Å²) in [5.74, 6) is 0.545. The predicted molar refractivity (Wildman–Crippen MR) is 101 cm³/mol. The van der Waals surface area contributed by atoms with E-state index in [1.165, 1.54) is 30.4 Å². The van der Waals surface area contributed by atoms with Crippen LogP contribution in [0.25, 0.3) is 0 Å². The number of nitrogens with one attached hydrogen (secondary N) is 1. The Morgan fingerprint density at radius 3 is 2.28 bits per heavy atom. The lowest BCUT2D eigenvalue weighted by atomic mass is 9.81. The molecule has 1 aliphatic rings. The molecule has 0 aliphatic heterocycles. The third-order valence-corrected chi connectivity index (χ3v) is 5.22. The van der Waals surface area contributed by atoms with E-state index in [1.54, 1.807) is 12.1 Å². The van der Waals surface area contributed by atoms with Gasteiger partial charge in [-0.1, -0.05) is 42.5 Å². The van der Waals surface area contributed by atoms with E-state index in [-0.39, 0.29) is 10.6 Å². The van der Waals surface area contributed by atoms with Crippen LogP contribution in [0.3, 0.4) is 0 Å². The van der Waals surface area contributed by atoms with Crippen molar-refractivity contribution in [1.29, 1.82) is 0 Å². The van der Waals surface area contributed by atoms with E-state index in [1.807, 2.05) is 12.1 Å². The molecule has 2 aromatic rings. The van der Waals surface area contributed by atoms with Gasteiger partial charge in [-0.15, -0.1) is 0 Å². The van der Waals surface area contributed by atoms with Crippen LogP contribution in [-0.4, -0.2) is 17.5 Å². The van der Waals surface area contributed by atoms with Gasteiger partial charge in [-0.05, 0) is 62.1 Å². The van der Waals surface area contributed by atoms with Gasteiger partial charge in [0, 0.05) is 18.2 Å². The number of nitro benzene ring substituents is 1. The summed E-state index contributed by atoms with van der Waals surface area (Å²) < 4.78 is 0. The molecule has 0 bridgehead atoms. The van der Waals surface area contributed by atoms with Crippen LogP contribution in [0.15, 0.2) is 54.6 Å². The van der Waals surface area contributed by atoms with Crippen molar-refractivity contribution in [2.45, 2.75) is 50.5 Å². The summed E-state index contributed by atoms with van der Waals surface area (Å²) in [4.78, 5) is 10.4. The van der Waals surface area contributed by atoms with Crippen molar-refractivity contribution < 1.29 is 4.92 Å². The van der Waals surface area contributed by atoms with Crippen molar-refractivity contribution in [3.63, 3.8) is 0 Å². The molecular formula is C21H26N2O2. The molecule has 0 amide bonds. The molecule has 0 saturated heterocycles. The molecule has 1 saturated carbocycles. The predicted octanol–water partition coefficient (Wildman–Crippen LogP) is 4.84. The van der Waals surface area contributed by atoms with Gasteiger partial charge in [0.05, 0.1) is 4.92 Å². The molecule has 3 rings (SSSR count). The molecule has 4 nitrogen and oxygen atoms in total. The summed E-state index contributed by atoms with van der Waals surface area (Å²) in [6, 6.07) is 18.4. The summed E-state index contributed by atoms with van der Waals surface area (Å²) in [5, 5.41) is 14.4. The Morgan fingerprint density at radius 2 is 1.64 bits per heavy atom. The van der Waals surface area contributed by atoms with Gasteiger partial charge in [0.15, 0.2) is 0 Å². The van der Waals surface area contributed by atoms with E-state index < -0.39 is 0 Å². The van der Waals surface area contributed by atoms with Crippen LogP contribution in [0.4, 0.5) is 5.69 Å². The van der Waals surface area contributed by atoms with Crippen LogP contribution < -0.4 is 5.32 Å². The molecule has 0 unspecified atom stereocenters. The number of nitrogens with zero attached hydrogens (tertiary/aromatic N) is 1. The van der Waals surface area contributed by atoms with E-state index in [0.717, 1.165) is 25.8 Å². The zero-order chi connectivity index (χ0) is 17.5. The fourth-order valence-electron chi connectivity index (χ4n) is 3.74. The molecule has 0 atom stereocenters. The van der Waals surface area contributed by atoms with E-state index in [2.05, 4.69) is 35.6 Å². The van der Waals surface area contributed by atoms with Crippen molar-refractivity contribution in [1.82, 2.24) is 5.32 Å². The molecule has 4 heteroatoms. The third-order valence-electron chi connectivity index (χ3n) is 5.22. The van der Waals surface area contributed by atoms with Crippen LogP contribution >= 0.6 is 0 Å². The van der Waals surface area contributed by atoms with Gasteiger partial charge in [-0.2, -0.15) is 0 Å². The van der Waals surface area contributed by atoms with Crippen molar-refractivity contribution >= 4 is 5.69 Å². The van der Waals surface area contributed by atoms with E-state index in [0.29, 0.717) is 12.0 Å². The summed E-state index contributed by atoms with van der Waals surface area (Å²) >= 11 is 0. The van der Waals surface area contributed by atoms with Gasteiger partial charge < -0.3 is 5.32 Å². The lowest BCUT2D eigenvalue weighted by Crippen LogP contribution is -2.33. The minimum atomic E-state index is -0.333. The molecule has 0 aromatic heterocycles. The van der Waals surface area contributed by atoms with Gasteiger partial charge >= 0.3 is 0 Å². The topological polar surface area (TPSA) is 55.2 Å². The Kier molecular flexibility index (Phi) is 6.18. The maximum absolute atomic E-state index is 10.7. The second-order valence-electron chi connectivity index (χ2n) is 6.94. The van der Waals surface area contributed by atoms with Crippen molar-refractivity contribution in [2.75, 3.05) is 6.54 Å². The molecule has 0 spiro atoms. The fourth-order valence-corrected chi connectivity index (χ4v) is 3.74. The van der Waals surface area contributed by atoms with Crippen LogP contribution in [0.1, 0.15) is 49.1 Å². The Morgan fingerprint density at radius 1 is 0.960 bits per heavy atom. The average molecular weight is 338 g/mol. The van der Waals surface area contributed by atoms with Gasteiger partial charge in [0.1, 0.15) is 0 Å². The first-order valence-corrected chi connectivity index (χ1v) is 9.24. The Labute approximate surface area is 149 Å². The number of hydrogen-bond donors (Lipinski definition) is 1. The Hall–Kier alpha value is -2.20. The second-order valence-corrected chi connectivity index (χ2v) is 6.94. The number of non-ortho nitro benzene ring substituents is 1. The molecule has 132 valence electrons. The molecule has 0 radical (unpaired) electrons. The monoisotopic (exact) mass is 338 g/mol. The molecular weight excluding hydrogens is 312 g/mol. The minimum absolute atomic E-state index is 0.178. The first-order valence-electron chi connectivity index (χ1n) is 9.24. The third kappa shape index (κ3) is 5.13. The summed E-state index contributed by atoms with van der Waals surface area (Å²) in [7, 11) is 0. The molecule has 25 heavy (non-hydrogen) atoms. The van der Waals surface area contributed by atoms with Gasteiger partial charge in [0.25, 0.3) is 5.69 Å². The number of aryl methyl sites for hydroxylation is 1. The van der Waals surface area contributed by atoms with Gasteiger partial charge in [-0.25, -0.2) is 0 Å². The molecule has 1 aliphatic carbocycles. The summed E-state index contributed by atoms with van der Waals surface area (Å²) in [6.45, 7) is 1.07. The fraction of sp³-hybridized carbons (Fsp3) is 0.429. The Balaban J connectivity index is 1.37. The second kappa shape index (κ2) is 8.77. The number of benzene rings is 2. The minimum Gasteiger partial charge on any atom is -0.314 e. The van der Waals surface area contributed by atoms with E-state index in [4.69, 9.17) is 0 Å². The van der Waals surface area contributed by atoms with E-state index in [9.17, 15) is 10.1 Å². The van der Waals surface area contributed by atoms with Crippen molar-refractivity contribution in [2.24, 2.45) is 0 Å².